The van der Waals surface area contributed by atoms with Crippen molar-refractivity contribution < 1.29 is 18.3 Å². The first-order valence-corrected chi connectivity index (χ1v) is 14.4. The number of benzene rings is 1. The van der Waals surface area contributed by atoms with E-state index in [0.717, 1.165) is 49.7 Å². The highest BCUT2D eigenvalue weighted by molar-refractivity contribution is 7.90. The van der Waals surface area contributed by atoms with Crippen molar-refractivity contribution in [3.8, 4) is 5.75 Å². The average Bonchev–Trinajstić information content (AvgIpc) is 2.74. The van der Waals surface area contributed by atoms with Crippen molar-refractivity contribution in [1.82, 2.24) is 5.32 Å². The molecule has 36 heavy (non-hydrogen) atoms. The fourth-order valence-corrected chi connectivity index (χ4v) is 5.20. The Bertz CT molecular complexity index is 985. The summed E-state index contributed by atoms with van der Waals surface area (Å²) in [4.78, 5) is 15.1. The number of sulfonamides is 1. The number of rotatable bonds is 13. The number of hydrogen-bond acceptors (Lipinski definition) is 4. The molecule has 1 unspecified atom stereocenters. The lowest BCUT2D eigenvalue weighted by molar-refractivity contribution is 0.252. The Balaban J connectivity index is 2.87. The summed E-state index contributed by atoms with van der Waals surface area (Å²) < 4.78 is 27.8. The molecule has 2 amide bonds. The fraction of sp³-hybridized carbons (Fsp3) is 0.731. The molecule has 0 saturated heterocycles. The number of nitrogens with zero attached hydrogens (tertiary/aromatic N) is 3. The molecule has 1 atom stereocenters. The van der Waals surface area contributed by atoms with Crippen molar-refractivity contribution in [3.63, 3.8) is 0 Å². The molecule has 3 N–H and O–H groups in total. The number of carbonyl (C=O) groups excluding carboxylic acids is 1. The molecule has 0 aliphatic heterocycles. The summed E-state index contributed by atoms with van der Waals surface area (Å²) in [5.41, 5.74) is 9.99. The van der Waals surface area contributed by atoms with Gasteiger partial charge in [-0.25, -0.2) is 13.2 Å². The van der Waals surface area contributed by atoms with E-state index in [0.29, 0.717) is 12.1 Å². The van der Waals surface area contributed by atoms with Crippen LogP contribution in [-0.2, 0) is 20.9 Å². The van der Waals surface area contributed by atoms with Gasteiger partial charge in [-0.2, -0.15) is 0 Å². The first kappa shape index (κ1) is 31.6. The molecule has 0 bridgehead atoms. The molecule has 1 aromatic rings. The summed E-state index contributed by atoms with van der Waals surface area (Å²) in [6.45, 7) is 14.2. The van der Waals surface area contributed by atoms with E-state index < -0.39 is 21.3 Å². The molecule has 0 fully saturated rings. The number of azide groups is 1. The van der Waals surface area contributed by atoms with E-state index >= 15 is 0 Å². The third kappa shape index (κ3) is 10.3. The van der Waals surface area contributed by atoms with Crippen LogP contribution in [0.25, 0.3) is 10.4 Å². The molecule has 0 aliphatic rings. The van der Waals surface area contributed by atoms with Crippen LogP contribution < -0.4 is 10.6 Å². The van der Waals surface area contributed by atoms with Crippen molar-refractivity contribution in [2.24, 2.45) is 4.52 Å². The van der Waals surface area contributed by atoms with Gasteiger partial charge in [0.2, 0.25) is 10.0 Å². The molecule has 0 spiro atoms. The highest BCUT2D eigenvalue weighted by Gasteiger charge is 2.27. The van der Waals surface area contributed by atoms with Crippen LogP contribution in [0.15, 0.2) is 16.7 Å². The van der Waals surface area contributed by atoms with E-state index in [-0.39, 0.29) is 29.5 Å². The molecule has 0 aliphatic carbocycles. The van der Waals surface area contributed by atoms with E-state index in [1.807, 2.05) is 41.5 Å². The zero-order chi connectivity index (χ0) is 27.6. The Morgan fingerprint density at radius 2 is 1.53 bits per heavy atom. The van der Waals surface area contributed by atoms with Crippen LogP contribution in [0.3, 0.4) is 0 Å². The summed E-state index contributed by atoms with van der Waals surface area (Å²) in [6, 6.07) is 3.05. The zero-order valence-corrected chi connectivity index (χ0v) is 23.8. The lowest BCUT2D eigenvalue weighted by atomic mass is 9.79. The van der Waals surface area contributed by atoms with Crippen LogP contribution in [0.5, 0.6) is 5.75 Å². The summed E-state index contributed by atoms with van der Waals surface area (Å²) in [6.07, 6.45) is 6.65. The van der Waals surface area contributed by atoms with Gasteiger partial charge in [-0.1, -0.05) is 87.0 Å². The quantitative estimate of drug-likeness (QED) is 0.0821. The Morgan fingerprint density at radius 1 is 1.00 bits per heavy atom. The molecule has 1 rings (SSSR count). The third-order valence-electron chi connectivity index (χ3n) is 6.19. The Hall–Kier alpha value is -2.45. The molecule has 10 heteroatoms. The Kier molecular flexibility index (Phi) is 12.1. The molecule has 0 heterocycles. The van der Waals surface area contributed by atoms with E-state index in [9.17, 15) is 18.3 Å². The van der Waals surface area contributed by atoms with E-state index in [1.165, 1.54) is 0 Å². The monoisotopic (exact) mass is 523 g/mol. The van der Waals surface area contributed by atoms with Crippen molar-refractivity contribution in [1.29, 1.82) is 0 Å². The first-order chi connectivity index (χ1) is 16.6. The minimum Gasteiger partial charge on any atom is -0.507 e. The van der Waals surface area contributed by atoms with Crippen LogP contribution in [0.4, 0.5) is 10.5 Å². The van der Waals surface area contributed by atoms with Crippen LogP contribution in [0, 0.1) is 0 Å². The summed E-state index contributed by atoms with van der Waals surface area (Å²) in [7, 11) is -3.97. The summed E-state index contributed by atoms with van der Waals surface area (Å²) in [5, 5.41) is 15.5. The average molecular weight is 524 g/mol. The molecular formula is C26H45N5O4S. The maximum absolute atomic E-state index is 12.6. The van der Waals surface area contributed by atoms with Gasteiger partial charge in [0.1, 0.15) is 5.75 Å². The smallest absolute Gasteiger partial charge is 0.319 e. The normalized spacial score (nSPS) is 13.1. The molecule has 1 aromatic carbocycles. The Morgan fingerprint density at radius 3 is 2.03 bits per heavy atom. The van der Waals surface area contributed by atoms with E-state index in [1.54, 1.807) is 12.1 Å². The van der Waals surface area contributed by atoms with Crippen molar-refractivity contribution in [2.75, 3.05) is 11.9 Å². The zero-order valence-electron chi connectivity index (χ0n) is 23.0. The van der Waals surface area contributed by atoms with Gasteiger partial charge >= 0.3 is 6.03 Å². The highest BCUT2D eigenvalue weighted by Crippen LogP contribution is 2.41. The molecule has 204 valence electrons. The van der Waals surface area contributed by atoms with Gasteiger partial charge in [0.15, 0.2) is 0 Å². The maximum atomic E-state index is 12.6. The summed E-state index contributed by atoms with van der Waals surface area (Å²) >= 11 is 0. The van der Waals surface area contributed by atoms with Gasteiger partial charge in [0.25, 0.3) is 0 Å². The minimum atomic E-state index is -3.97. The number of urea groups is 1. The molecule has 0 aromatic heterocycles. The number of nitrogens with one attached hydrogen (secondary N) is 2. The minimum absolute atomic E-state index is 0.114. The number of unbranched alkanes of at least 4 members (excludes halogenated alkanes) is 5. The molecular weight excluding hydrogens is 478 g/mol. The van der Waals surface area contributed by atoms with Crippen LogP contribution >= 0.6 is 0 Å². The second-order valence-corrected chi connectivity index (χ2v) is 13.3. The maximum Gasteiger partial charge on any atom is 0.319 e. The van der Waals surface area contributed by atoms with Gasteiger partial charge in [0, 0.05) is 32.8 Å². The van der Waals surface area contributed by atoms with Crippen molar-refractivity contribution >= 4 is 21.7 Å². The van der Waals surface area contributed by atoms with E-state index in [4.69, 9.17) is 5.53 Å². The predicted molar refractivity (Wildman–Crippen MR) is 147 cm³/mol. The third-order valence-corrected chi connectivity index (χ3v) is 7.80. The first-order valence-electron chi connectivity index (χ1n) is 12.9. The number of anilines is 1. The predicted octanol–water partition coefficient (Wildman–Crippen LogP) is 7.26. The topological polar surface area (TPSA) is 144 Å². The highest BCUT2D eigenvalue weighted by atomic mass is 32.2. The SMILES string of the molecule is CCCCCCCCC(CCNC(=O)Nc1cc(C(C)(C)C)c(O)c(C(C)(C)C)c1)S(=O)(=O)N=[N+]=[N-]. The number of amides is 2. The van der Waals surface area contributed by atoms with Crippen molar-refractivity contribution in [3.05, 3.63) is 33.7 Å². The van der Waals surface area contributed by atoms with Gasteiger partial charge < -0.3 is 15.7 Å². The number of carbonyl (C=O) groups is 1. The van der Waals surface area contributed by atoms with Crippen LogP contribution in [0.1, 0.15) is 111 Å². The second-order valence-electron chi connectivity index (χ2n) is 11.5. The molecule has 9 nitrogen and oxygen atoms in total. The number of hydrogen-bond donors (Lipinski definition) is 3. The largest absolute Gasteiger partial charge is 0.507 e. The van der Waals surface area contributed by atoms with Gasteiger partial charge in [0.05, 0.1) is 5.25 Å². The van der Waals surface area contributed by atoms with Gasteiger partial charge in [-0.15, -0.1) is 0 Å². The van der Waals surface area contributed by atoms with Gasteiger partial charge in [-0.3, -0.25) is 0 Å². The number of phenols is 1. The standard InChI is InChI=1S/C26H45N5O4S/c1-8-9-10-11-12-13-14-20(36(34,35)31-30-27)15-16-28-24(33)29-19-17-21(25(2,3)4)23(32)22(18-19)26(5,6)7/h17-18,20,32H,8-16H2,1-7H3,(H2,28,29,33). The Labute approximate surface area is 217 Å². The lowest BCUT2D eigenvalue weighted by Gasteiger charge is -2.28. The molecule has 0 radical (unpaired) electrons. The molecule has 0 saturated carbocycles. The van der Waals surface area contributed by atoms with Crippen LogP contribution in [-0.4, -0.2) is 31.4 Å². The fourth-order valence-electron chi connectivity index (χ4n) is 4.08. The second kappa shape index (κ2) is 13.7. The lowest BCUT2D eigenvalue weighted by Crippen LogP contribution is -2.33. The number of aromatic hydroxyl groups is 1. The van der Waals surface area contributed by atoms with E-state index in [2.05, 4.69) is 27.0 Å². The number of phenolic OH excluding ortho intramolecular Hbond substituents is 1. The van der Waals surface area contributed by atoms with Gasteiger partial charge in [-0.05, 0) is 41.3 Å². The van der Waals surface area contributed by atoms with Crippen LogP contribution in [0.2, 0.25) is 0 Å². The van der Waals surface area contributed by atoms with Crippen molar-refractivity contribution in [2.45, 2.75) is 116 Å². The summed E-state index contributed by atoms with van der Waals surface area (Å²) in [5.74, 6) is 0.224.